The fraction of sp³-hybridized carbons (Fsp3) is 0.185. The van der Waals surface area contributed by atoms with Crippen molar-refractivity contribution < 1.29 is 9.59 Å². The zero-order valence-corrected chi connectivity index (χ0v) is 19.8. The van der Waals surface area contributed by atoms with E-state index in [4.69, 9.17) is 5.73 Å². The minimum absolute atomic E-state index is 0.00797. The van der Waals surface area contributed by atoms with E-state index in [-0.39, 0.29) is 23.8 Å². The number of hydrogen-bond donors (Lipinski definition) is 3. The molecule has 0 bridgehead atoms. The molecule has 5 rings (SSSR count). The average Bonchev–Trinajstić information content (AvgIpc) is 3.59. The molecule has 2 aromatic carbocycles. The first kappa shape index (κ1) is 22.9. The Morgan fingerprint density at radius 3 is 2.51 bits per heavy atom. The van der Waals surface area contributed by atoms with E-state index in [0.717, 1.165) is 40.8 Å². The van der Waals surface area contributed by atoms with E-state index in [1.54, 1.807) is 18.5 Å². The number of aromatic nitrogens is 2. The van der Waals surface area contributed by atoms with E-state index in [0.29, 0.717) is 17.2 Å². The molecule has 0 saturated heterocycles. The van der Waals surface area contributed by atoms with Crippen molar-refractivity contribution in [1.82, 2.24) is 15.3 Å². The van der Waals surface area contributed by atoms with Gasteiger partial charge in [-0.25, -0.2) is 4.98 Å². The lowest BCUT2D eigenvalue weighted by Crippen LogP contribution is -2.33. The summed E-state index contributed by atoms with van der Waals surface area (Å²) < 4.78 is 0. The topological polar surface area (TPSA) is 110 Å². The van der Waals surface area contributed by atoms with E-state index >= 15 is 0 Å². The quantitative estimate of drug-likeness (QED) is 0.347. The van der Waals surface area contributed by atoms with Crippen LogP contribution in [0, 0.1) is 0 Å². The molecule has 4 aromatic rings. The van der Waals surface area contributed by atoms with Crippen LogP contribution >= 0.6 is 11.3 Å². The highest BCUT2D eigenvalue weighted by Gasteiger charge is 2.42. The summed E-state index contributed by atoms with van der Waals surface area (Å²) in [6.07, 6.45) is 5.61. The maximum absolute atomic E-state index is 12.6. The fourth-order valence-electron chi connectivity index (χ4n) is 4.04. The number of carbonyl (C=O) groups is 2. The number of amides is 2. The maximum Gasteiger partial charge on any atom is 0.251 e. The van der Waals surface area contributed by atoms with Crippen LogP contribution in [0.15, 0.2) is 78.4 Å². The second-order valence-electron chi connectivity index (χ2n) is 8.65. The van der Waals surface area contributed by atoms with Gasteiger partial charge in [-0.15, -0.1) is 11.3 Å². The molecular weight excluding hydrogens is 458 g/mol. The van der Waals surface area contributed by atoms with Crippen LogP contribution in [0.3, 0.4) is 0 Å². The summed E-state index contributed by atoms with van der Waals surface area (Å²) in [7, 11) is 0. The summed E-state index contributed by atoms with van der Waals surface area (Å²) >= 11 is 1.34. The summed E-state index contributed by atoms with van der Waals surface area (Å²) in [5, 5.41) is 7.84. The number of nitrogens with one attached hydrogen (secondary N) is 2. The predicted molar refractivity (Wildman–Crippen MR) is 138 cm³/mol. The smallest absolute Gasteiger partial charge is 0.251 e. The first-order chi connectivity index (χ1) is 17.1. The lowest BCUT2D eigenvalue weighted by atomic mass is 9.94. The highest BCUT2D eigenvalue weighted by Crippen LogP contribution is 2.47. The Kier molecular flexibility index (Phi) is 6.39. The van der Waals surface area contributed by atoms with Gasteiger partial charge < -0.3 is 16.4 Å². The van der Waals surface area contributed by atoms with Crippen molar-refractivity contribution in [3.8, 4) is 22.4 Å². The second kappa shape index (κ2) is 9.77. The second-order valence-corrected chi connectivity index (χ2v) is 9.51. The SMILES string of the molecule is NCC1(c2cccc(C(=O)NCC(=O)Nc3nc(-c4cccc(-c5ccncc5)c4)cs3)c2)CC1. The molecule has 0 spiro atoms. The zero-order chi connectivity index (χ0) is 24.3. The molecule has 0 aliphatic heterocycles. The Morgan fingerprint density at radius 1 is 0.971 bits per heavy atom. The van der Waals surface area contributed by atoms with Gasteiger partial charge in [-0.1, -0.05) is 30.3 Å². The summed E-state index contributed by atoms with van der Waals surface area (Å²) in [6, 6.07) is 19.5. The van der Waals surface area contributed by atoms with Gasteiger partial charge >= 0.3 is 0 Å². The van der Waals surface area contributed by atoms with Crippen molar-refractivity contribution >= 4 is 28.3 Å². The Bertz CT molecular complexity index is 1360. The van der Waals surface area contributed by atoms with Crippen LogP contribution in [0.25, 0.3) is 22.4 Å². The highest BCUT2D eigenvalue weighted by molar-refractivity contribution is 7.14. The molecule has 0 unspecified atom stereocenters. The lowest BCUT2D eigenvalue weighted by molar-refractivity contribution is -0.115. The standard InChI is InChI=1S/C27H25N5O2S/c28-17-27(9-10-27)22-6-2-5-21(14-22)25(34)30-15-24(33)32-26-31-23(16-35-26)20-4-1-3-19(13-20)18-7-11-29-12-8-18/h1-8,11-14,16H,9-10,15,17,28H2,(H,30,34)(H,31,32,33). The molecule has 4 N–H and O–H groups in total. The molecule has 176 valence electrons. The first-order valence-electron chi connectivity index (χ1n) is 11.4. The molecule has 0 radical (unpaired) electrons. The molecule has 1 fully saturated rings. The van der Waals surface area contributed by atoms with Crippen LogP contribution < -0.4 is 16.4 Å². The van der Waals surface area contributed by atoms with Gasteiger partial charge in [0.1, 0.15) is 0 Å². The van der Waals surface area contributed by atoms with E-state index in [9.17, 15) is 9.59 Å². The molecule has 1 saturated carbocycles. The Morgan fingerprint density at radius 2 is 1.74 bits per heavy atom. The van der Waals surface area contributed by atoms with Gasteiger partial charge in [0.25, 0.3) is 5.91 Å². The minimum Gasteiger partial charge on any atom is -0.343 e. The molecule has 8 heteroatoms. The number of carbonyl (C=O) groups excluding carboxylic acids is 2. The van der Waals surface area contributed by atoms with Crippen molar-refractivity contribution in [3.05, 3.63) is 89.6 Å². The highest BCUT2D eigenvalue weighted by atomic mass is 32.1. The molecule has 1 aliphatic carbocycles. The molecule has 1 aliphatic rings. The van der Waals surface area contributed by atoms with Crippen LogP contribution in [0.5, 0.6) is 0 Å². The number of thiazole rings is 1. The third kappa shape index (κ3) is 5.13. The summed E-state index contributed by atoms with van der Waals surface area (Å²) in [5.41, 5.74) is 11.4. The van der Waals surface area contributed by atoms with Crippen LogP contribution in [0.2, 0.25) is 0 Å². The number of rotatable bonds is 8. The van der Waals surface area contributed by atoms with Gasteiger partial charge in [-0.2, -0.15) is 0 Å². The van der Waals surface area contributed by atoms with Gasteiger partial charge in [-0.05, 0) is 59.9 Å². The minimum atomic E-state index is -0.332. The van der Waals surface area contributed by atoms with E-state index < -0.39 is 0 Å². The van der Waals surface area contributed by atoms with Crippen LogP contribution in [0.4, 0.5) is 5.13 Å². The zero-order valence-electron chi connectivity index (χ0n) is 19.0. The molecular formula is C27H25N5O2S. The number of hydrogen-bond acceptors (Lipinski definition) is 6. The van der Waals surface area contributed by atoms with Gasteiger partial charge in [0, 0.05) is 40.9 Å². The van der Waals surface area contributed by atoms with Gasteiger partial charge in [0.05, 0.1) is 12.2 Å². The van der Waals surface area contributed by atoms with Crippen LogP contribution in [-0.2, 0) is 10.2 Å². The number of nitrogens with two attached hydrogens (primary N) is 1. The van der Waals surface area contributed by atoms with Gasteiger partial charge in [0.2, 0.25) is 5.91 Å². The van der Waals surface area contributed by atoms with Crippen LogP contribution in [-0.4, -0.2) is 34.9 Å². The maximum atomic E-state index is 12.6. The molecule has 7 nitrogen and oxygen atoms in total. The number of benzene rings is 2. The molecule has 2 heterocycles. The van der Waals surface area contributed by atoms with Crippen LogP contribution in [0.1, 0.15) is 28.8 Å². The Labute approximate surface area is 207 Å². The van der Waals surface area contributed by atoms with Crippen molar-refractivity contribution in [1.29, 1.82) is 0 Å². The molecule has 35 heavy (non-hydrogen) atoms. The monoisotopic (exact) mass is 483 g/mol. The first-order valence-corrected chi connectivity index (χ1v) is 12.3. The summed E-state index contributed by atoms with van der Waals surface area (Å²) in [6.45, 7) is 0.432. The van der Waals surface area contributed by atoms with E-state index in [1.807, 2.05) is 53.9 Å². The number of nitrogens with zero attached hydrogens (tertiary/aromatic N) is 2. The largest absolute Gasteiger partial charge is 0.343 e. The van der Waals surface area contributed by atoms with Crippen molar-refractivity contribution in [3.63, 3.8) is 0 Å². The molecule has 0 atom stereocenters. The summed E-state index contributed by atoms with van der Waals surface area (Å²) in [5.74, 6) is -0.621. The summed E-state index contributed by atoms with van der Waals surface area (Å²) in [4.78, 5) is 33.6. The number of pyridine rings is 1. The van der Waals surface area contributed by atoms with Crippen molar-refractivity contribution in [2.45, 2.75) is 18.3 Å². The van der Waals surface area contributed by atoms with Crippen molar-refractivity contribution in [2.24, 2.45) is 5.73 Å². The fourth-order valence-corrected chi connectivity index (χ4v) is 4.78. The molecule has 2 aromatic heterocycles. The van der Waals surface area contributed by atoms with E-state index in [2.05, 4.69) is 26.7 Å². The van der Waals surface area contributed by atoms with Gasteiger partial charge in [0.15, 0.2) is 5.13 Å². The average molecular weight is 484 g/mol. The van der Waals surface area contributed by atoms with Gasteiger partial charge in [-0.3, -0.25) is 14.6 Å². The predicted octanol–water partition coefficient (Wildman–Crippen LogP) is 4.23. The Balaban J connectivity index is 1.19. The lowest BCUT2D eigenvalue weighted by Gasteiger charge is -2.14. The van der Waals surface area contributed by atoms with Crippen molar-refractivity contribution in [2.75, 3.05) is 18.4 Å². The third-order valence-corrected chi connectivity index (χ3v) is 7.07. The Hall–Kier alpha value is -3.88. The molecule has 2 amide bonds. The number of anilines is 1. The normalized spacial score (nSPS) is 13.7. The third-order valence-electron chi connectivity index (χ3n) is 6.31. The van der Waals surface area contributed by atoms with E-state index in [1.165, 1.54) is 11.3 Å².